The van der Waals surface area contributed by atoms with Crippen LogP contribution in [0.15, 0.2) is 60.8 Å². The number of thiazole rings is 1. The maximum absolute atomic E-state index is 12.8. The Morgan fingerprint density at radius 3 is 2.64 bits per heavy atom. The topological polar surface area (TPSA) is 46.8 Å². The van der Waals surface area contributed by atoms with Crippen molar-refractivity contribution in [3.05, 3.63) is 76.9 Å². The van der Waals surface area contributed by atoms with Crippen LogP contribution in [0.4, 0.5) is 0 Å². The van der Waals surface area contributed by atoms with Gasteiger partial charge in [0.15, 0.2) is 4.96 Å². The van der Waals surface area contributed by atoms with E-state index in [4.69, 9.17) is 9.72 Å². The highest BCUT2D eigenvalue weighted by Gasteiger charge is 2.26. The number of imidazole rings is 1. The number of rotatable bonds is 3. The third kappa shape index (κ3) is 2.86. The summed E-state index contributed by atoms with van der Waals surface area (Å²) < 4.78 is 7.41. The molecule has 5 rings (SSSR count). The molecule has 0 fully saturated rings. The first-order chi connectivity index (χ1) is 13.7. The van der Waals surface area contributed by atoms with Gasteiger partial charge in [-0.05, 0) is 36.4 Å². The Hall–Kier alpha value is -3.12. The molecule has 140 valence electrons. The molecule has 0 aliphatic carbocycles. The molecule has 0 spiro atoms. The van der Waals surface area contributed by atoms with Crippen LogP contribution in [0.5, 0.6) is 5.75 Å². The minimum absolute atomic E-state index is 0.0937. The zero-order valence-corrected chi connectivity index (χ0v) is 16.3. The SMILES string of the molecule is COc1ccc(-c2cn3c4c(sc3n2)CN(C(=O)c2ccccc2)CC4)cc1. The van der Waals surface area contributed by atoms with Crippen molar-refractivity contribution in [2.24, 2.45) is 0 Å². The van der Waals surface area contributed by atoms with E-state index in [-0.39, 0.29) is 5.91 Å². The van der Waals surface area contributed by atoms with Gasteiger partial charge in [-0.15, -0.1) is 0 Å². The van der Waals surface area contributed by atoms with E-state index < -0.39 is 0 Å². The summed E-state index contributed by atoms with van der Waals surface area (Å²) in [6.45, 7) is 1.37. The highest BCUT2D eigenvalue weighted by molar-refractivity contribution is 7.17. The molecule has 1 aliphatic heterocycles. The first-order valence-corrected chi connectivity index (χ1v) is 10.0. The maximum atomic E-state index is 12.8. The lowest BCUT2D eigenvalue weighted by Crippen LogP contribution is -2.35. The first-order valence-electron chi connectivity index (χ1n) is 9.21. The van der Waals surface area contributed by atoms with E-state index in [2.05, 4.69) is 10.6 Å². The third-order valence-corrected chi connectivity index (χ3v) is 6.23. The minimum atomic E-state index is 0.0937. The lowest BCUT2D eigenvalue weighted by molar-refractivity contribution is 0.0736. The number of ether oxygens (including phenoxy) is 1. The van der Waals surface area contributed by atoms with Crippen LogP contribution in [-0.4, -0.2) is 33.8 Å². The van der Waals surface area contributed by atoms with Gasteiger partial charge in [-0.2, -0.15) is 0 Å². The number of amides is 1. The number of carbonyl (C=O) groups excluding carboxylic acids is 1. The molecule has 1 amide bonds. The second-order valence-corrected chi connectivity index (χ2v) is 7.88. The number of carbonyl (C=O) groups is 1. The largest absolute Gasteiger partial charge is 0.497 e. The average Bonchev–Trinajstić information content (AvgIpc) is 3.31. The Kier molecular flexibility index (Phi) is 4.13. The molecule has 1 aliphatic rings. The summed E-state index contributed by atoms with van der Waals surface area (Å²) in [4.78, 5) is 21.7. The molecule has 0 bridgehead atoms. The van der Waals surface area contributed by atoms with Crippen LogP contribution >= 0.6 is 11.3 Å². The van der Waals surface area contributed by atoms with Crippen molar-refractivity contribution < 1.29 is 9.53 Å². The molecule has 0 radical (unpaired) electrons. The van der Waals surface area contributed by atoms with Crippen LogP contribution in [0.25, 0.3) is 16.2 Å². The van der Waals surface area contributed by atoms with E-state index >= 15 is 0 Å². The van der Waals surface area contributed by atoms with Crippen LogP contribution in [0.1, 0.15) is 20.9 Å². The molecular weight excluding hydrogens is 370 g/mol. The molecule has 2 aromatic carbocycles. The predicted molar refractivity (Wildman–Crippen MR) is 110 cm³/mol. The van der Waals surface area contributed by atoms with Crippen molar-refractivity contribution >= 4 is 22.2 Å². The quantitative estimate of drug-likeness (QED) is 0.526. The molecule has 6 heteroatoms. The Morgan fingerprint density at radius 1 is 1.11 bits per heavy atom. The molecule has 2 aromatic heterocycles. The molecule has 0 saturated heterocycles. The smallest absolute Gasteiger partial charge is 0.254 e. The van der Waals surface area contributed by atoms with E-state index in [1.807, 2.05) is 59.5 Å². The van der Waals surface area contributed by atoms with Gasteiger partial charge in [0.1, 0.15) is 5.75 Å². The first kappa shape index (κ1) is 17.0. The standard InChI is InChI=1S/C22H19N3O2S/c1-27-17-9-7-15(8-10-17)18-13-25-19-11-12-24(14-20(19)28-22(25)23-18)21(26)16-5-3-2-4-6-16/h2-10,13H,11-12,14H2,1H3. The van der Waals surface area contributed by atoms with Crippen LogP contribution < -0.4 is 4.74 Å². The fraction of sp³-hybridized carbons (Fsp3) is 0.182. The van der Waals surface area contributed by atoms with Crippen LogP contribution in [0.3, 0.4) is 0 Å². The van der Waals surface area contributed by atoms with Gasteiger partial charge < -0.3 is 9.64 Å². The third-order valence-electron chi connectivity index (χ3n) is 5.15. The van der Waals surface area contributed by atoms with E-state index in [1.165, 1.54) is 10.6 Å². The second kappa shape index (κ2) is 6.80. The van der Waals surface area contributed by atoms with Crippen molar-refractivity contribution in [3.63, 3.8) is 0 Å². The summed E-state index contributed by atoms with van der Waals surface area (Å²) in [5.74, 6) is 0.932. The Labute approximate surface area is 166 Å². The Morgan fingerprint density at radius 2 is 1.89 bits per heavy atom. The van der Waals surface area contributed by atoms with Gasteiger partial charge in [-0.3, -0.25) is 9.20 Å². The van der Waals surface area contributed by atoms with Crippen molar-refractivity contribution in [1.82, 2.24) is 14.3 Å². The van der Waals surface area contributed by atoms with E-state index in [0.29, 0.717) is 6.54 Å². The van der Waals surface area contributed by atoms with E-state index in [1.54, 1.807) is 18.4 Å². The second-order valence-electron chi connectivity index (χ2n) is 6.82. The fourth-order valence-electron chi connectivity index (χ4n) is 3.65. The highest BCUT2D eigenvalue weighted by atomic mass is 32.1. The number of fused-ring (bicyclic) bond motifs is 3. The molecular formula is C22H19N3O2S. The molecule has 3 heterocycles. The normalized spacial score (nSPS) is 13.5. The monoisotopic (exact) mass is 389 g/mol. The van der Waals surface area contributed by atoms with E-state index in [9.17, 15) is 4.79 Å². The van der Waals surface area contributed by atoms with Crippen molar-refractivity contribution in [3.8, 4) is 17.0 Å². The number of nitrogens with zero attached hydrogens (tertiary/aromatic N) is 3. The van der Waals surface area contributed by atoms with Crippen molar-refractivity contribution in [2.75, 3.05) is 13.7 Å². The average molecular weight is 389 g/mol. The zero-order valence-electron chi connectivity index (χ0n) is 15.5. The van der Waals surface area contributed by atoms with Crippen LogP contribution in [0.2, 0.25) is 0 Å². The van der Waals surface area contributed by atoms with Gasteiger partial charge in [0, 0.05) is 40.9 Å². The number of hydrogen-bond donors (Lipinski definition) is 0. The van der Waals surface area contributed by atoms with Crippen molar-refractivity contribution in [1.29, 1.82) is 0 Å². The summed E-state index contributed by atoms with van der Waals surface area (Å²) in [5.41, 5.74) is 4.04. The molecule has 5 nitrogen and oxygen atoms in total. The van der Waals surface area contributed by atoms with Gasteiger partial charge in [0.05, 0.1) is 19.3 Å². The molecule has 0 N–H and O–H groups in total. The highest BCUT2D eigenvalue weighted by Crippen LogP contribution is 2.32. The fourth-order valence-corrected chi connectivity index (χ4v) is 4.81. The van der Waals surface area contributed by atoms with Gasteiger partial charge >= 0.3 is 0 Å². The number of benzene rings is 2. The summed E-state index contributed by atoms with van der Waals surface area (Å²) in [6.07, 6.45) is 2.94. The van der Waals surface area contributed by atoms with Gasteiger partial charge in [0.25, 0.3) is 5.91 Å². The Balaban J connectivity index is 1.42. The molecule has 0 saturated carbocycles. The lowest BCUT2D eigenvalue weighted by atomic mass is 10.1. The summed E-state index contributed by atoms with van der Waals surface area (Å²) in [5, 5.41) is 0. The number of aromatic nitrogens is 2. The van der Waals surface area contributed by atoms with Crippen LogP contribution in [-0.2, 0) is 13.0 Å². The molecule has 0 atom stereocenters. The number of methoxy groups -OCH3 is 1. The van der Waals surface area contributed by atoms with Gasteiger partial charge in [0.2, 0.25) is 0 Å². The van der Waals surface area contributed by atoms with E-state index in [0.717, 1.165) is 40.5 Å². The molecule has 28 heavy (non-hydrogen) atoms. The summed E-state index contributed by atoms with van der Waals surface area (Å²) >= 11 is 1.67. The molecule has 0 unspecified atom stereocenters. The zero-order chi connectivity index (χ0) is 19.1. The molecule has 4 aromatic rings. The lowest BCUT2D eigenvalue weighted by Gasteiger charge is -2.26. The predicted octanol–water partition coefficient (Wildman–Crippen LogP) is 4.27. The van der Waals surface area contributed by atoms with Gasteiger partial charge in [-0.1, -0.05) is 29.5 Å². The van der Waals surface area contributed by atoms with Crippen LogP contribution in [0, 0.1) is 0 Å². The minimum Gasteiger partial charge on any atom is -0.497 e. The summed E-state index contributed by atoms with van der Waals surface area (Å²) in [7, 11) is 1.67. The maximum Gasteiger partial charge on any atom is 0.254 e. The summed E-state index contributed by atoms with van der Waals surface area (Å²) in [6, 6.07) is 17.4. The Bertz CT molecular complexity index is 1150. The van der Waals surface area contributed by atoms with Gasteiger partial charge in [-0.25, -0.2) is 4.98 Å². The number of hydrogen-bond acceptors (Lipinski definition) is 4. The van der Waals surface area contributed by atoms with Crippen molar-refractivity contribution in [2.45, 2.75) is 13.0 Å².